The summed E-state index contributed by atoms with van der Waals surface area (Å²) in [6.07, 6.45) is 0. The summed E-state index contributed by atoms with van der Waals surface area (Å²) in [7, 11) is 0. The van der Waals surface area contributed by atoms with Gasteiger partial charge in [-0.1, -0.05) is 121 Å². The number of fused-ring (bicyclic) bond motifs is 10. The molecule has 238 valence electrons. The predicted octanol–water partition coefficient (Wildman–Crippen LogP) is 12.6. The molecule has 0 aliphatic heterocycles. The standard InChI is InChI=1S/C48H31N3/c1-2-14-32(15-3-1)33-16-12-17-34(30-33)50-43-26-10-6-22-39(43)47-45(50)28-29-46-48(47)40-23-7-11-27-44(40)51(46)36-19-13-18-35(31-36)49-41-24-8-4-20-37(41)38-21-5-9-25-42(38)49/h1-31H. The number of para-hydroxylation sites is 4. The maximum Gasteiger partial charge on any atom is 0.0548 e. The molecule has 0 bridgehead atoms. The molecule has 0 spiro atoms. The smallest absolute Gasteiger partial charge is 0.0548 e. The van der Waals surface area contributed by atoms with E-state index in [2.05, 4.69) is 202 Å². The van der Waals surface area contributed by atoms with Crippen LogP contribution in [-0.4, -0.2) is 13.7 Å². The fourth-order valence-corrected chi connectivity index (χ4v) is 8.50. The molecule has 0 saturated heterocycles. The Bertz CT molecular complexity index is 3080. The zero-order valence-corrected chi connectivity index (χ0v) is 27.7. The highest BCUT2D eigenvalue weighted by molar-refractivity contribution is 6.29. The summed E-state index contributed by atoms with van der Waals surface area (Å²) >= 11 is 0. The van der Waals surface area contributed by atoms with Crippen molar-refractivity contribution in [3.63, 3.8) is 0 Å². The van der Waals surface area contributed by atoms with Crippen molar-refractivity contribution in [3.05, 3.63) is 188 Å². The first-order valence-electron chi connectivity index (χ1n) is 17.5. The highest BCUT2D eigenvalue weighted by Gasteiger charge is 2.21. The van der Waals surface area contributed by atoms with Crippen LogP contribution in [0.1, 0.15) is 0 Å². The van der Waals surface area contributed by atoms with Crippen molar-refractivity contribution < 1.29 is 0 Å². The lowest BCUT2D eigenvalue weighted by atomic mass is 10.0. The Morgan fingerprint density at radius 3 is 1.14 bits per heavy atom. The first-order valence-corrected chi connectivity index (χ1v) is 17.5. The molecule has 3 heteroatoms. The number of hydrogen-bond donors (Lipinski definition) is 0. The Balaban J connectivity index is 1.19. The van der Waals surface area contributed by atoms with Gasteiger partial charge in [0.1, 0.15) is 0 Å². The molecule has 3 aromatic heterocycles. The first kappa shape index (κ1) is 28.0. The van der Waals surface area contributed by atoms with E-state index in [4.69, 9.17) is 0 Å². The molecule has 0 radical (unpaired) electrons. The van der Waals surface area contributed by atoms with Gasteiger partial charge in [-0.15, -0.1) is 0 Å². The van der Waals surface area contributed by atoms with Crippen molar-refractivity contribution in [1.82, 2.24) is 13.7 Å². The molecule has 0 atom stereocenters. The van der Waals surface area contributed by atoms with E-state index in [0.717, 1.165) is 17.1 Å². The molecule has 3 nitrogen and oxygen atoms in total. The summed E-state index contributed by atoms with van der Waals surface area (Å²) in [6, 6.07) is 68.4. The van der Waals surface area contributed by atoms with Crippen LogP contribution in [0.25, 0.3) is 93.6 Å². The normalized spacial score (nSPS) is 11.9. The van der Waals surface area contributed by atoms with Gasteiger partial charge in [-0.3, -0.25) is 0 Å². The quantitative estimate of drug-likeness (QED) is 0.180. The minimum atomic E-state index is 1.14. The number of hydrogen-bond acceptors (Lipinski definition) is 0. The predicted molar refractivity (Wildman–Crippen MR) is 215 cm³/mol. The van der Waals surface area contributed by atoms with Crippen LogP contribution in [0.15, 0.2) is 188 Å². The van der Waals surface area contributed by atoms with Gasteiger partial charge in [0.15, 0.2) is 0 Å². The second-order valence-electron chi connectivity index (χ2n) is 13.4. The third kappa shape index (κ3) is 4.06. The molecule has 0 amide bonds. The van der Waals surface area contributed by atoms with Gasteiger partial charge in [0.25, 0.3) is 0 Å². The summed E-state index contributed by atoms with van der Waals surface area (Å²) in [5.41, 5.74) is 13.1. The van der Waals surface area contributed by atoms with Gasteiger partial charge in [0.2, 0.25) is 0 Å². The van der Waals surface area contributed by atoms with Crippen molar-refractivity contribution in [2.75, 3.05) is 0 Å². The molecule has 11 aromatic rings. The largest absolute Gasteiger partial charge is 0.309 e. The molecule has 8 aromatic carbocycles. The Labute approximate surface area is 294 Å². The minimum absolute atomic E-state index is 1.14. The van der Waals surface area contributed by atoms with E-state index in [0.29, 0.717) is 0 Å². The van der Waals surface area contributed by atoms with E-state index >= 15 is 0 Å². The lowest BCUT2D eigenvalue weighted by Crippen LogP contribution is -1.98. The zero-order valence-electron chi connectivity index (χ0n) is 27.7. The summed E-state index contributed by atoms with van der Waals surface area (Å²) < 4.78 is 7.28. The number of aromatic nitrogens is 3. The van der Waals surface area contributed by atoms with Crippen LogP contribution in [0.5, 0.6) is 0 Å². The van der Waals surface area contributed by atoms with Crippen molar-refractivity contribution in [3.8, 4) is 28.2 Å². The van der Waals surface area contributed by atoms with Gasteiger partial charge >= 0.3 is 0 Å². The molecule has 0 unspecified atom stereocenters. The maximum atomic E-state index is 2.45. The summed E-state index contributed by atoms with van der Waals surface area (Å²) in [5, 5.41) is 7.60. The van der Waals surface area contributed by atoms with Crippen molar-refractivity contribution in [2.24, 2.45) is 0 Å². The van der Waals surface area contributed by atoms with Crippen LogP contribution in [0.4, 0.5) is 0 Å². The van der Waals surface area contributed by atoms with Gasteiger partial charge in [0, 0.05) is 49.4 Å². The second kappa shape index (κ2) is 10.8. The van der Waals surface area contributed by atoms with Gasteiger partial charge < -0.3 is 13.7 Å². The van der Waals surface area contributed by atoms with E-state index in [-0.39, 0.29) is 0 Å². The average Bonchev–Trinajstić information content (AvgIpc) is 3.84. The maximum absolute atomic E-state index is 2.45. The molecule has 11 rings (SSSR count). The molecule has 0 saturated carbocycles. The van der Waals surface area contributed by atoms with E-state index in [1.807, 2.05) is 0 Å². The lowest BCUT2D eigenvalue weighted by molar-refractivity contribution is 1.13. The van der Waals surface area contributed by atoms with Crippen LogP contribution < -0.4 is 0 Å². The lowest BCUT2D eigenvalue weighted by Gasteiger charge is -2.13. The number of nitrogens with zero attached hydrogens (tertiary/aromatic N) is 3. The van der Waals surface area contributed by atoms with Gasteiger partial charge in [-0.05, 0) is 77.9 Å². The summed E-state index contributed by atoms with van der Waals surface area (Å²) in [4.78, 5) is 0. The fraction of sp³-hybridized carbons (Fsp3) is 0. The second-order valence-corrected chi connectivity index (χ2v) is 13.4. The highest BCUT2D eigenvalue weighted by atomic mass is 15.0. The van der Waals surface area contributed by atoms with Crippen molar-refractivity contribution in [1.29, 1.82) is 0 Å². The topological polar surface area (TPSA) is 14.8 Å². The fourth-order valence-electron chi connectivity index (χ4n) is 8.50. The molecule has 0 aliphatic rings. The Kier molecular flexibility index (Phi) is 5.96. The van der Waals surface area contributed by atoms with Gasteiger partial charge in [0.05, 0.1) is 33.1 Å². The van der Waals surface area contributed by atoms with E-state index < -0.39 is 0 Å². The van der Waals surface area contributed by atoms with Crippen LogP contribution >= 0.6 is 0 Å². The SMILES string of the molecule is c1ccc(-c2cccc(-n3c4ccccc4c4c5c6ccccc6n(-c6cccc(-n7c8ccccc8c8ccccc87)c6)c5ccc43)c2)cc1. The Hall–Kier alpha value is -6.84. The van der Waals surface area contributed by atoms with Crippen LogP contribution in [-0.2, 0) is 0 Å². The third-order valence-corrected chi connectivity index (χ3v) is 10.6. The molecular weight excluding hydrogens is 619 g/mol. The monoisotopic (exact) mass is 649 g/mol. The first-order chi connectivity index (χ1) is 25.3. The van der Waals surface area contributed by atoms with Crippen LogP contribution in [0, 0.1) is 0 Å². The minimum Gasteiger partial charge on any atom is -0.309 e. The molecule has 3 heterocycles. The molecule has 51 heavy (non-hydrogen) atoms. The average molecular weight is 650 g/mol. The van der Waals surface area contributed by atoms with Crippen molar-refractivity contribution in [2.45, 2.75) is 0 Å². The number of rotatable bonds is 4. The molecule has 0 aliphatic carbocycles. The van der Waals surface area contributed by atoms with E-state index in [1.165, 1.54) is 76.5 Å². The van der Waals surface area contributed by atoms with Gasteiger partial charge in [-0.2, -0.15) is 0 Å². The van der Waals surface area contributed by atoms with Crippen molar-refractivity contribution >= 4 is 65.4 Å². The van der Waals surface area contributed by atoms with E-state index in [1.54, 1.807) is 0 Å². The van der Waals surface area contributed by atoms with E-state index in [9.17, 15) is 0 Å². The number of benzene rings is 8. The summed E-state index contributed by atoms with van der Waals surface area (Å²) in [5.74, 6) is 0. The van der Waals surface area contributed by atoms with Gasteiger partial charge in [-0.25, -0.2) is 0 Å². The summed E-state index contributed by atoms with van der Waals surface area (Å²) in [6.45, 7) is 0. The third-order valence-electron chi connectivity index (χ3n) is 10.6. The molecule has 0 N–H and O–H groups in total. The van der Waals surface area contributed by atoms with Crippen LogP contribution in [0.3, 0.4) is 0 Å². The zero-order chi connectivity index (χ0) is 33.5. The highest BCUT2D eigenvalue weighted by Crippen LogP contribution is 2.43. The van der Waals surface area contributed by atoms with Crippen LogP contribution in [0.2, 0.25) is 0 Å². The molecule has 0 fully saturated rings. The Morgan fingerprint density at radius 1 is 0.235 bits per heavy atom. The molecular formula is C48H31N3. The Morgan fingerprint density at radius 2 is 0.608 bits per heavy atom.